The Bertz CT molecular complexity index is 989. The zero-order valence-corrected chi connectivity index (χ0v) is 17.5. The van der Waals surface area contributed by atoms with Crippen LogP contribution < -0.4 is 14.4 Å². The zero-order valence-electron chi connectivity index (χ0n) is 17.5. The molecule has 0 aliphatic carbocycles. The van der Waals surface area contributed by atoms with Crippen molar-refractivity contribution in [3.63, 3.8) is 0 Å². The molecule has 1 amide bonds. The molecule has 0 bridgehead atoms. The van der Waals surface area contributed by atoms with Gasteiger partial charge in [-0.15, -0.1) is 0 Å². The van der Waals surface area contributed by atoms with Crippen LogP contribution in [-0.2, 0) is 16.1 Å². The summed E-state index contributed by atoms with van der Waals surface area (Å²) < 4.78 is 15.8. The van der Waals surface area contributed by atoms with Crippen molar-refractivity contribution in [3.05, 3.63) is 84.2 Å². The molecule has 0 saturated carbocycles. The minimum Gasteiger partial charge on any atom is -0.497 e. The van der Waals surface area contributed by atoms with E-state index in [1.807, 2.05) is 12.1 Å². The largest absolute Gasteiger partial charge is 0.497 e. The van der Waals surface area contributed by atoms with Gasteiger partial charge in [0.15, 0.2) is 6.61 Å². The maximum atomic E-state index is 13.0. The average molecular weight is 420 g/mol. The minimum absolute atomic E-state index is 0.147. The van der Waals surface area contributed by atoms with E-state index in [9.17, 15) is 9.59 Å². The molecule has 0 fully saturated rings. The molecule has 0 aliphatic rings. The predicted molar refractivity (Wildman–Crippen MR) is 116 cm³/mol. The Hall–Kier alpha value is -3.87. The molecule has 31 heavy (non-hydrogen) atoms. The van der Waals surface area contributed by atoms with Gasteiger partial charge in [0.05, 0.1) is 25.8 Å². The van der Waals surface area contributed by atoms with Crippen LogP contribution in [-0.4, -0.2) is 37.2 Å². The third-order valence-corrected chi connectivity index (χ3v) is 4.48. The lowest BCUT2D eigenvalue weighted by molar-refractivity contribution is -0.120. The molecule has 3 aromatic rings. The molecule has 0 unspecified atom stereocenters. The highest BCUT2D eigenvalue weighted by Gasteiger charge is 2.18. The van der Waals surface area contributed by atoms with Crippen LogP contribution in [0.25, 0.3) is 0 Å². The van der Waals surface area contributed by atoms with Crippen LogP contribution in [0, 0.1) is 0 Å². The Morgan fingerprint density at radius 1 is 0.968 bits per heavy atom. The van der Waals surface area contributed by atoms with Gasteiger partial charge in [0.25, 0.3) is 5.91 Å². The van der Waals surface area contributed by atoms with E-state index < -0.39 is 5.97 Å². The number of benzene rings is 2. The normalized spacial score (nSPS) is 10.3. The Labute approximate surface area is 181 Å². The van der Waals surface area contributed by atoms with Crippen LogP contribution in [0.4, 0.5) is 5.69 Å². The maximum Gasteiger partial charge on any atom is 0.338 e. The number of carbonyl (C=O) groups excluding carboxylic acids is 2. The summed E-state index contributed by atoms with van der Waals surface area (Å²) >= 11 is 0. The van der Waals surface area contributed by atoms with E-state index >= 15 is 0 Å². The fraction of sp³-hybridized carbons (Fsp3) is 0.208. The number of methoxy groups -OCH3 is 1. The number of rotatable bonds is 9. The summed E-state index contributed by atoms with van der Waals surface area (Å²) in [4.78, 5) is 30.7. The van der Waals surface area contributed by atoms with Crippen LogP contribution in [0.15, 0.2) is 73.1 Å². The van der Waals surface area contributed by atoms with Crippen molar-refractivity contribution >= 4 is 17.6 Å². The van der Waals surface area contributed by atoms with Gasteiger partial charge >= 0.3 is 5.97 Å². The predicted octanol–water partition coefficient (Wildman–Crippen LogP) is 3.88. The average Bonchev–Trinajstić information content (AvgIpc) is 2.82. The number of hydrogen-bond acceptors (Lipinski definition) is 6. The quantitative estimate of drug-likeness (QED) is 0.489. The molecule has 7 heteroatoms. The summed E-state index contributed by atoms with van der Waals surface area (Å²) in [6.45, 7) is 2.22. The molecule has 160 valence electrons. The van der Waals surface area contributed by atoms with E-state index in [1.54, 1.807) is 79.9 Å². The number of ether oxygens (including phenoxy) is 3. The smallest absolute Gasteiger partial charge is 0.338 e. The lowest BCUT2D eigenvalue weighted by Gasteiger charge is -2.23. The molecule has 1 heterocycles. The molecule has 0 radical (unpaired) electrons. The Balaban J connectivity index is 1.76. The van der Waals surface area contributed by atoms with Crippen molar-refractivity contribution < 1.29 is 23.8 Å². The highest BCUT2D eigenvalue weighted by molar-refractivity contribution is 5.95. The molecule has 0 aliphatic heterocycles. The molecular weight excluding hydrogens is 396 g/mol. The Morgan fingerprint density at radius 2 is 1.68 bits per heavy atom. The highest BCUT2D eigenvalue weighted by Crippen LogP contribution is 2.21. The van der Waals surface area contributed by atoms with Gasteiger partial charge in [0.1, 0.15) is 11.5 Å². The minimum atomic E-state index is -0.401. The summed E-state index contributed by atoms with van der Waals surface area (Å²) in [6.07, 6.45) is 3.38. The molecule has 3 rings (SSSR count). The molecule has 0 atom stereocenters. The van der Waals surface area contributed by atoms with Gasteiger partial charge in [-0.05, 0) is 67.1 Å². The Morgan fingerprint density at radius 3 is 2.29 bits per heavy atom. The first-order chi connectivity index (χ1) is 15.1. The summed E-state index contributed by atoms with van der Waals surface area (Å²) in [6, 6.07) is 17.4. The molecule has 2 aromatic carbocycles. The van der Waals surface area contributed by atoms with Crippen LogP contribution in [0.1, 0.15) is 22.8 Å². The number of amides is 1. The standard InChI is InChI=1S/C24H24N2O5/c1-3-30-24(28)19-6-8-20(9-7-19)26(16-18-5-4-14-25-15-18)23(27)17-31-22-12-10-21(29-2)11-13-22/h4-15H,3,16-17H2,1-2H3. The molecule has 1 aromatic heterocycles. The fourth-order valence-electron chi connectivity index (χ4n) is 2.88. The van der Waals surface area contributed by atoms with E-state index in [0.717, 1.165) is 5.56 Å². The SMILES string of the molecule is CCOC(=O)c1ccc(N(Cc2cccnc2)C(=O)COc2ccc(OC)cc2)cc1. The second kappa shape index (κ2) is 10.8. The monoisotopic (exact) mass is 420 g/mol. The summed E-state index contributed by atoms with van der Waals surface area (Å²) in [5.41, 5.74) is 1.93. The van der Waals surface area contributed by atoms with E-state index in [-0.39, 0.29) is 12.5 Å². The first-order valence-electron chi connectivity index (χ1n) is 9.84. The lowest BCUT2D eigenvalue weighted by Crippen LogP contribution is -2.34. The van der Waals surface area contributed by atoms with Crippen molar-refractivity contribution in [3.8, 4) is 11.5 Å². The number of pyridine rings is 1. The van der Waals surface area contributed by atoms with Gasteiger partial charge < -0.3 is 19.1 Å². The molecular formula is C24H24N2O5. The maximum absolute atomic E-state index is 13.0. The molecule has 0 saturated heterocycles. The van der Waals surface area contributed by atoms with Gasteiger partial charge in [-0.3, -0.25) is 9.78 Å². The van der Waals surface area contributed by atoms with Gasteiger partial charge in [-0.1, -0.05) is 6.07 Å². The second-order valence-electron chi connectivity index (χ2n) is 6.57. The Kier molecular flexibility index (Phi) is 7.59. The number of hydrogen-bond donors (Lipinski definition) is 0. The summed E-state index contributed by atoms with van der Waals surface area (Å²) in [5, 5.41) is 0. The van der Waals surface area contributed by atoms with Crippen molar-refractivity contribution in [1.29, 1.82) is 0 Å². The van der Waals surface area contributed by atoms with Crippen LogP contribution >= 0.6 is 0 Å². The lowest BCUT2D eigenvalue weighted by atomic mass is 10.1. The first-order valence-corrected chi connectivity index (χ1v) is 9.84. The molecule has 7 nitrogen and oxygen atoms in total. The number of carbonyl (C=O) groups is 2. The van der Waals surface area contributed by atoms with Gasteiger partial charge in [-0.2, -0.15) is 0 Å². The molecule has 0 N–H and O–H groups in total. The van der Waals surface area contributed by atoms with Gasteiger partial charge in [0, 0.05) is 18.1 Å². The van der Waals surface area contributed by atoms with Crippen molar-refractivity contribution in [2.45, 2.75) is 13.5 Å². The van der Waals surface area contributed by atoms with Crippen molar-refractivity contribution in [1.82, 2.24) is 4.98 Å². The van der Waals surface area contributed by atoms with Crippen molar-refractivity contribution in [2.24, 2.45) is 0 Å². The van der Waals surface area contributed by atoms with Gasteiger partial charge in [0.2, 0.25) is 0 Å². The van der Waals surface area contributed by atoms with Crippen LogP contribution in [0.2, 0.25) is 0 Å². The third kappa shape index (κ3) is 6.05. The second-order valence-corrected chi connectivity index (χ2v) is 6.57. The number of aromatic nitrogens is 1. The topological polar surface area (TPSA) is 78.0 Å². The third-order valence-electron chi connectivity index (χ3n) is 4.48. The van der Waals surface area contributed by atoms with E-state index in [1.165, 1.54) is 0 Å². The van der Waals surface area contributed by atoms with E-state index in [0.29, 0.717) is 35.9 Å². The number of anilines is 1. The van der Waals surface area contributed by atoms with Crippen LogP contribution in [0.5, 0.6) is 11.5 Å². The van der Waals surface area contributed by atoms with Crippen molar-refractivity contribution in [2.75, 3.05) is 25.2 Å². The molecule has 0 spiro atoms. The number of esters is 1. The summed E-state index contributed by atoms with van der Waals surface area (Å²) in [5.74, 6) is 0.636. The number of nitrogens with zero attached hydrogens (tertiary/aromatic N) is 2. The highest BCUT2D eigenvalue weighted by atomic mass is 16.5. The summed E-state index contributed by atoms with van der Waals surface area (Å²) in [7, 11) is 1.59. The van der Waals surface area contributed by atoms with E-state index in [4.69, 9.17) is 14.2 Å². The van der Waals surface area contributed by atoms with E-state index in [2.05, 4.69) is 4.98 Å². The fourth-order valence-corrected chi connectivity index (χ4v) is 2.88. The van der Waals surface area contributed by atoms with Crippen LogP contribution in [0.3, 0.4) is 0 Å². The zero-order chi connectivity index (χ0) is 22.1. The first kappa shape index (κ1) is 21.8. The van der Waals surface area contributed by atoms with Gasteiger partial charge in [-0.25, -0.2) is 4.79 Å².